The quantitative estimate of drug-likeness (QED) is 0.566. The second-order valence-electron chi connectivity index (χ2n) is 8.02. The summed E-state index contributed by atoms with van der Waals surface area (Å²) in [4.78, 5) is 11.2. The Hall–Kier alpha value is -3.07. The van der Waals surface area contributed by atoms with Gasteiger partial charge in [-0.15, -0.1) is 0 Å². The molecule has 2 aromatic heterocycles. The number of nitrogens with one attached hydrogen (secondary N) is 2. The molecule has 2 aliphatic heterocycles. The molecular formula is C22H24ClN7O. The molecule has 1 fully saturated rings. The Labute approximate surface area is 185 Å². The van der Waals surface area contributed by atoms with E-state index in [0.29, 0.717) is 24.9 Å². The fourth-order valence-electron chi connectivity index (χ4n) is 3.93. The number of anilines is 3. The summed E-state index contributed by atoms with van der Waals surface area (Å²) >= 11 is 6.49. The minimum Gasteiger partial charge on any atom is -0.390 e. The van der Waals surface area contributed by atoms with E-state index in [4.69, 9.17) is 11.6 Å². The van der Waals surface area contributed by atoms with Gasteiger partial charge in [-0.05, 0) is 25.1 Å². The average Bonchev–Trinajstić information content (AvgIpc) is 3.20. The van der Waals surface area contributed by atoms with Gasteiger partial charge in [-0.25, -0.2) is 9.99 Å². The van der Waals surface area contributed by atoms with Crippen LogP contribution in [0.25, 0.3) is 10.9 Å². The van der Waals surface area contributed by atoms with Crippen LogP contribution in [0.1, 0.15) is 5.69 Å². The fraction of sp³-hybridized carbons (Fsp3) is 0.273. The summed E-state index contributed by atoms with van der Waals surface area (Å²) in [5.74, 6) is 1.19. The first-order chi connectivity index (χ1) is 14.9. The molecule has 3 N–H and O–H groups in total. The highest BCUT2D eigenvalue weighted by Gasteiger charge is 2.27. The third-order valence-electron chi connectivity index (χ3n) is 5.82. The van der Waals surface area contributed by atoms with Crippen LogP contribution in [0.4, 0.5) is 17.5 Å². The van der Waals surface area contributed by atoms with Gasteiger partial charge in [-0.1, -0.05) is 18.2 Å². The maximum atomic E-state index is 9.49. The van der Waals surface area contributed by atoms with Crippen LogP contribution < -0.4 is 15.8 Å². The lowest BCUT2D eigenvalue weighted by Gasteiger charge is -2.35. The van der Waals surface area contributed by atoms with Gasteiger partial charge in [0.15, 0.2) is 5.82 Å². The third kappa shape index (κ3) is 3.63. The molecule has 8 nitrogen and oxygen atoms in total. The highest BCUT2D eigenvalue weighted by Crippen LogP contribution is 2.32. The smallest absolute Gasteiger partial charge is 0.229 e. The highest BCUT2D eigenvalue weighted by molar-refractivity contribution is 6.36. The summed E-state index contributed by atoms with van der Waals surface area (Å²) in [6.07, 6.45) is 3.48. The van der Waals surface area contributed by atoms with Crippen LogP contribution in [0.15, 0.2) is 54.5 Å². The van der Waals surface area contributed by atoms with E-state index in [-0.39, 0.29) is 6.10 Å². The zero-order valence-electron chi connectivity index (χ0n) is 17.4. The second-order valence-corrected chi connectivity index (χ2v) is 8.39. The largest absolute Gasteiger partial charge is 0.390 e. The number of benzene rings is 1. The third-order valence-corrected chi connectivity index (χ3v) is 6.30. The van der Waals surface area contributed by atoms with Gasteiger partial charge in [0.2, 0.25) is 5.95 Å². The minimum absolute atomic E-state index is 0.219. The van der Waals surface area contributed by atoms with Crippen molar-refractivity contribution in [2.45, 2.75) is 13.0 Å². The van der Waals surface area contributed by atoms with Crippen molar-refractivity contribution in [3.05, 3.63) is 65.2 Å². The number of rotatable bonds is 5. The first-order valence-corrected chi connectivity index (χ1v) is 10.5. The number of fused-ring (bicyclic) bond motifs is 1. The zero-order chi connectivity index (χ0) is 21.7. The summed E-state index contributed by atoms with van der Waals surface area (Å²) in [6, 6.07) is 7.87. The van der Waals surface area contributed by atoms with Crippen molar-refractivity contribution < 1.29 is 5.11 Å². The van der Waals surface area contributed by atoms with E-state index in [0.717, 1.165) is 45.1 Å². The van der Waals surface area contributed by atoms with Crippen LogP contribution in [0.3, 0.4) is 0 Å². The van der Waals surface area contributed by atoms with Crippen molar-refractivity contribution in [3.8, 4) is 0 Å². The van der Waals surface area contributed by atoms with Gasteiger partial charge >= 0.3 is 0 Å². The number of aryl methyl sites for hydroxylation is 1. The van der Waals surface area contributed by atoms with Crippen LogP contribution in [0.5, 0.6) is 0 Å². The molecule has 5 rings (SSSR count). The van der Waals surface area contributed by atoms with Crippen molar-refractivity contribution in [3.63, 3.8) is 0 Å². The van der Waals surface area contributed by atoms with Gasteiger partial charge in [-0.3, -0.25) is 10.3 Å². The Morgan fingerprint density at radius 1 is 1.32 bits per heavy atom. The number of β-amino-alcohol motifs (C(OH)–C–C–N with tert-alkyl or cyclic N) is 1. The number of likely N-dealkylation sites (tertiary alicyclic amines) is 1. The molecule has 31 heavy (non-hydrogen) atoms. The standard InChI is InChI=1S/C22H24ClN7O/c1-13-15(9-29-11-17(31)12-29)10-30(27-13)20-6-7-24-22(26-20)25-16-4-5-19-18(8-16)21(23)14(2)28(19)3/h4-8,10,17,27,31H,1,9,11-12H2,2-3H3,(H,24,25,26). The second kappa shape index (κ2) is 7.56. The molecule has 0 amide bonds. The van der Waals surface area contributed by atoms with E-state index in [9.17, 15) is 5.11 Å². The molecule has 1 aromatic carbocycles. The number of aromatic nitrogens is 3. The van der Waals surface area contributed by atoms with Crippen LogP contribution in [0, 0.1) is 6.92 Å². The van der Waals surface area contributed by atoms with E-state index in [1.165, 1.54) is 0 Å². The zero-order valence-corrected chi connectivity index (χ0v) is 18.2. The van der Waals surface area contributed by atoms with E-state index in [1.807, 2.05) is 49.4 Å². The van der Waals surface area contributed by atoms with Gasteiger partial charge in [0.25, 0.3) is 0 Å². The minimum atomic E-state index is -0.219. The Balaban J connectivity index is 1.35. The molecule has 9 heteroatoms. The topological polar surface area (TPSA) is 81.5 Å². The number of aliphatic hydroxyl groups is 1. The van der Waals surface area contributed by atoms with Gasteiger partial charge < -0.3 is 15.0 Å². The molecule has 3 aromatic rings. The lowest BCUT2D eigenvalue weighted by Crippen LogP contribution is -2.51. The van der Waals surface area contributed by atoms with E-state index < -0.39 is 0 Å². The maximum absolute atomic E-state index is 9.49. The average molecular weight is 438 g/mol. The van der Waals surface area contributed by atoms with Gasteiger partial charge in [0.1, 0.15) is 0 Å². The monoisotopic (exact) mass is 437 g/mol. The Kier molecular flexibility index (Phi) is 4.85. The van der Waals surface area contributed by atoms with Crippen molar-refractivity contribution in [2.75, 3.05) is 30.0 Å². The Bertz CT molecular complexity index is 1210. The number of hydrogen-bond donors (Lipinski definition) is 3. The molecule has 4 heterocycles. The SMILES string of the molecule is C=C1NN(c2ccnc(Nc3ccc4c(c3)c(Cl)c(C)n4C)n2)C=C1CN1CC(O)C1. The molecule has 0 spiro atoms. The molecule has 0 bridgehead atoms. The lowest BCUT2D eigenvalue weighted by molar-refractivity contribution is 0.00857. The number of aliphatic hydroxyl groups excluding tert-OH is 1. The number of hydrazine groups is 1. The van der Waals surface area contributed by atoms with Gasteiger partial charge in [0.05, 0.1) is 16.8 Å². The van der Waals surface area contributed by atoms with Gasteiger partial charge in [0, 0.05) is 73.0 Å². The Morgan fingerprint density at radius 2 is 2.13 bits per heavy atom. The van der Waals surface area contributed by atoms with Gasteiger partial charge in [-0.2, -0.15) is 4.98 Å². The Morgan fingerprint density at radius 3 is 2.90 bits per heavy atom. The van der Waals surface area contributed by atoms with E-state index >= 15 is 0 Å². The molecule has 0 atom stereocenters. The first-order valence-electron chi connectivity index (χ1n) is 10.1. The van der Waals surface area contributed by atoms with E-state index in [2.05, 4.69) is 36.8 Å². The normalized spacial score (nSPS) is 17.1. The van der Waals surface area contributed by atoms with Crippen LogP contribution >= 0.6 is 11.6 Å². The highest BCUT2D eigenvalue weighted by atomic mass is 35.5. The summed E-state index contributed by atoms with van der Waals surface area (Å²) in [7, 11) is 2.01. The van der Waals surface area contributed by atoms with Crippen LogP contribution in [-0.2, 0) is 7.05 Å². The summed E-state index contributed by atoms with van der Waals surface area (Å²) in [5, 5.41) is 16.3. The number of nitrogens with zero attached hydrogens (tertiary/aromatic N) is 5. The molecule has 1 saturated heterocycles. The van der Waals surface area contributed by atoms with Crippen LogP contribution in [0.2, 0.25) is 5.02 Å². The summed E-state index contributed by atoms with van der Waals surface area (Å²) in [6.45, 7) is 8.23. The lowest BCUT2D eigenvalue weighted by atomic mass is 10.1. The predicted molar refractivity (Wildman–Crippen MR) is 123 cm³/mol. The molecule has 160 valence electrons. The number of hydrogen-bond acceptors (Lipinski definition) is 7. The number of halogens is 1. The molecule has 0 radical (unpaired) electrons. The molecular weight excluding hydrogens is 414 g/mol. The summed E-state index contributed by atoms with van der Waals surface area (Å²) in [5.41, 5.74) is 8.11. The van der Waals surface area contributed by atoms with Crippen molar-refractivity contribution in [1.82, 2.24) is 24.9 Å². The molecule has 0 aliphatic carbocycles. The fourth-order valence-corrected chi connectivity index (χ4v) is 4.21. The van der Waals surface area contributed by atoms with Crippen molar-refractivity contribution in [1.29, 1.82) is 0 Å². The molecule has 0 unspecified atom stereocenters. The van der Waals surface area contributed by atoms with Crippen molar-refractivity contribution >= 4 is 40.0 Å². The molecule has 0 saturated carbocycles. The van der Waals surface area contributed by atoms with Crippen molar-refractivity contribution in [2.24, 2.45) is 7.05 Å². The van der Waals surface area contributed by atoms with E-state index in [1.54, 1.807) is 6.20 Å². The first kappa shape index (κ1) is 19.9. The predicted octanol–water partition coefficient (Wildman–Crippen LogP) is 3.07. The maximum Gasteiger partial charge on any atom is 0.229 e. The van der Waals surface area contributed by atoms with Crippen LogP contribution in [-0.4, -0.2) is 50.3 Å². The summed E-state index contributed by atoms with van der Waals surface area (Å²) < 4.78 is 2.08. The molecule has 2 aliphatic rings.